The zero-order chi connectivity index (χ0) is 20.3. The summed E-state index contributed by atoms with van der Waals surface area (Å²) in [7, 11) is 0. The van der Waals surface area contributed by atoms with E-state index in [9.17, 15) is 27.6 Å². The summed E-state index contributed by atoms with van der Waals surface area (Å²) in [5, 5.41) is 1.83. The van der Waals surface area contributed by atoms with Crippen LogP contribution in [0.4, 0.5) is 18.0 Å². The Labute approximate surface area is 162 Å². The van der Waals surface area contributed by atoms with Gasteiger partial charge in [-0.2, -0.15) is 0 Å². The number of rotatable bonds is 5. The van der Waals surface area contributed by atoms with Crippen LogP contribution in [0.25, 0.3) is 6.08 Å². The Bertz CT molecular complexity index is 974. The van der Waals surface area contributed by atoms with Crippen LogP contribution in [0.15, 0.2) is 47.4 Å². The lowest BCUT2D eigenvalue weighted by molar-refractivity contribution is -0.122. The molecule has 1 heterocycles. The van der Waals surface area contributed by atoms with Crippen molar-refractivity contribution in [3.63, 3.8) is 0 Å². The van der Waals surface area contributed by atoms with Gasteiger partial charge in [-0.25, -0.2) is 13.2 Å². The van der Waals surface area contributed by atoms with Gasteiger partial charge in [0.05, 0.1) is 4.91 Å². The fraction of sp³-hybridized carbons (Fsp3) is 0.105. The molecule has 0 spiro atoms. The highest BCUT2D eigenvalue weighted by Crippen LogP contribution is 2.32. The van der Waals surface area contributed by atoms with E-state index in [1.54, 1.807) is 6.07 Å². The van der Waals surface area contributed by atoms with Gasteiger partial charge >= 0.3 is 0 Å². The Balaban J connectivity index is 1.62. The number of halogens is 3. The van der Waals surface area contributed by atoms with Gasteiger partial charge in [-0.15, -0.1) is 0 Å². The summed E-state index contributed by atoms with van der Waals surface area (Å²) in [5.41, 5.74) is -0.0412. The van der Waals surface area contributed by atoms with Gasteiger partial charge in [-0.05, 0) is 36.0 Å². The Morgan fingerprint density at radius 1 is 1.07 bits per heavy atom. The molecule has 1 saturated heterocycles. The van der Waals surface area contributed by atoms with Crippen molar-refractivity contribution in [3.8, 4) is 0 Å². The molecular formula is C19H13F3N2O3S. The highest BCUT2D eigenvalue weighted by Gasteiger charge is 2.34. The second-order valence-corrected chi connectivity index (χ2v) is 6.76. The molecule has 5 nitrogen and oxygen atoms in total. The molecule has 0 radical (unpaired) electrons. The molecular weight excluding hydrogens is 393 g/mol. The zero-order valence-electron chi connectivity index (χ0n) is 14.2. The van der Waals surface area contributed by atoms with Crippen molar-refractivity contribution < 1.29 is 27.6 Å². The average molecular weight is 406 g/mol. The molecule has 0 aromatic heterocycles. The summed E-state index contributed by atoms with van der Waals surface area (Å²) >= 11 is 0.664. The van der Waals surface area contributed by atoms with Crippen molar-refractivity contribution in [1.29, 1.82) is 0 Å². The first-order valence-corrected chi connectivity index (χ1v) is 8.91. The van der Waals surface area contributed by atoms with E-state index in [1.807, 2.05) is 0 Å². The average Bonchev–Trinajstić information content (AvgIpc) is 2.90. The first kappa shape index (κ1) is 19.7. The van der Waals surface area contributed by atoms with Crippen LogP contribution in [0.1, 0.15) is 15.9 Å². The minimum Gasteiger partial charge on any atom is -0.350 e. The second-order valence-electron chi connectivity index (χ2n) is 5.77. The lowest BCUT2D eigenvalue weighted by Gasteiger charge is -2.13. The topological polar surface area (TPSA) is 66.5 Å². The third-order valence-electron chi connectivity index (χ3n) is 3.81. The minimum atomic E-state index is -0.894. The van der Waals surface area contributed by atoms with E-state index in [4.69, 9.17) is 0 Å². The molecule has 1 aliphatic heterocycles. The number of nitrogens with zero attached hydrogens (tertiary/aromatic N) is 1. The Kier molecular flexibility index (Phi) is 5.84. The fourth-order valence-corrected chi connectivity index (χ4v) is 3.35. The number of hydrogen-bond donors (Lipinski definition) is 1. The van der Waals surface area contributed by atoms with Gasteiger partial charge in [0.1, 0.15) is 17.5 Å². The summed E-state index contributed by atoms with van der Waals surface area (Å²) in [5.74, 6) is -3.66. The van der Waals surface area contributed by atoms with Crippen LogP contribution in [0.5, 0.6) is 0 Å². The van der Waals surface area contributed by atoms with E-state index in [2.05, 4.69) is 5.32 Å². The third-order valence-corrected chi connectivity index (χ3v) is 4.72. The van der Waals surface area contributed by atoms with Crippen LogP contribution in [-0.2, 0) is 4.79 Å². The lowest BCUT2D eigenvalue weighted by atomic mass is 10.2. The van der Waals surface area contributed by atoms with Crippen LogP contribution in [0.2, 0.25) is 0 Å². The maximum Gasteiger partial charge on any atom is 0.293 e. The van der Waals surface area contributed by atoms with Crippen molar-refractivity contribution in [2.24, 2.45) is 0 Å². The van der Waals surface area contributed by atoms with Crippen molar-refractivity contribution >= 4 is 34.9 Å². The molecule has 0 unspecified atom stereocenters. The Hall–Kier alpha value is -3.07. The number of nitrogens with one attached hydrogen (secondary N) is 1. The molecule has 1 fully saturated rings. The largest absolute Gasteiger partial charge is 0.350 e. The van der Waals surface area contributed by atoms with E-state index in [0.717, 1.165) is 17.0 Å². The molecule has 0 bridgehead atoms. The monoisotopic (exact) mass is 406 g/mol. The Morgan fingerprint density at radius 2 is 1.75 bits per heavy atom. The van der Waals surface area contributed by atoms with E-state index in [1.165, 1.54) is 24.3 Å². The van der Waals surface area contributed by atoms with E-state index in [0.29, 0.717) is 17.8 Å². The number of benzene rings is 2. The number of hydrogen-bond acceptors (Lipinski definition) is 4. The summed E-state index contributed by atoms with van der Waals surface area (Å²) in [6.07, 6.45) is 1.29. The molecule has 0 atom stereocenters. The number of amides is 3. The van der Waals surface area contributed by atoms with Crippen molar-refractivity contribution in [2.45, 2.75) is 0 Å². The lowest BCUT2D eigenvalue weighted by Crippen LogP contribution is -2.37. The van der Waals surface area contributed by atoms with Crippen LogP contribution in [0, 0.1) is 17.5 Å². The third kappa shape index (κ3) is 4.42. The molecule has 3 rings (SSSR count). The van der Waals surface area contributed by atoms with Crippen LogP contribution in [0.3, 0.4) is 0 Å². The summed E-state index contributed by atoms with van der Waals surface area (Å²) in [6.45, 7) is -0.245. The predicted molar refractivity (Wildman–Crippen MR) is 97.8 cm³/mol. The summed E-state index contributed by atoms with van der Waals surface area (Å²) in [6, 6.07) is 8.20. The second kappa shape index (κ2) is 8.30. The summed E-state index contributed by atoms with van der Waals surface area (Å²) in [4.78, 5) is 37.3. The van der Waals surface area contributed by atoms with E-state index >= 15 is 0 Å². The van der Waals surface area contributed by atoms with E-state index < -0.39 is 34.5 Å². The van der Waals surface area contributed by atoms with Gasteiger partial charge in [0, 0.05) is 30.3 Å². The van der Waals surface area contributed by atoms with Crippen molar-refractivity contribution in [2.75, 3.05) is 13.1 Å². The zero-order valence-corrected chi connectivity index (χ0v) is 15.1. The maximum absolute atomic E-state index is 13.7. The molecule has 1 N–H and O–H groups in total. The SMILES string of the molecule is O=C(NCCN1C(=O)S/C(=C\c2ccccc2F)C1=O)c1cc(F)cc(F)c1. The van der Waals surface area contributed by atoms with Gasteiger partial charge in [-0.1, -0.05) is 18.2 Å². The standard InChI is InChI=1S/C19H13F3N2O3S/c20-13-7-12(8-14(21)10-13)17(25)23-5-6-24-18(26)16(28-19(24)27)9-11-3-1-2-4-15(11)22/h1-4,7-10H,5-6H2,(H,23,25)/b16-9-. The van der Waals surface area contributed by atoms with Crippen LogP contribution >= 0.6 is 11.8 Å². The number of thioether (sulfide) groups is 1. The molecule has 3 amide bonds. The first-order chi connectivity index (χ1) is 13.3. The minimum absolute atomic E-state index is 0.0635. The van der Waals surface area contributed by atoms with Crippen LogP contribution < -0.4 is 5.32 Å². The van der Waals surface area contributed by atoms with Gasteiger partial charge in [0.25, 0.3) is 17.1 Å². The number of carbonyl (C=O) groups excluding carboxylic acids is 3. The molecule has 144 valence electrons. The highest BCUT2D eigenvalue weighted by molar-refractivity contribution is 8.18. The number of imide groups is 1. The molecule has 28 heavy (non-hydrogen) atoms. The van der Waals surface area contributed by atoms with E-state index in [-0.39, 0.29) is 29.1 Å². The van der Waals surface area contributed by atoms with Gasteiger partial charge < -0.3 is 5.32 Å². The Morgan fingerprint density at radius 3 is 2.43 bits per heavy atom. The maximum atomic E-state index is 13.7. The van der Waals surface area contributed by atoms with Gasteiger partial charge in [0.15, 0.2) is 0 Å². The smallest absolute Gasteiger partial charge is 0.293 e. The molecule has 0 saturated carbocycles. The molecule has 1 aliphatic rings. The van der Waals surface area contributed by atoms with Crippen molar-refractivity contribution in [3.05, 3.63) is 75.9 Å². The first-order valence-electron chi connectivity index (χ1n) is 8.09. The van der Waals surface area contributed by atoms with Crippen LogP contribution in [-0.4, -0.2) is 35.0 Å². The van der Waals surface area contributed by atoms with Gasteiger partial charge in [-0.3, -0.25) is 19.3 Å². The quantitative estimate of drug-likeness (QED) is 0.771. The fourth-order valence-electron chi connectivity index (χ4n) is 2.49. The molecule has 2 aromatic rings. The highest BCUT2D eigenvalue weighted by atomic mass is 32.2. The summed E-state index contributed by atoms with van der Waals surface area (Å²) < 4.78 is 40.0. The number of carbonyl (C=O) groups is 3. The predicted octanol–water partition coefficient (Wildman–Crippen LogP) is 3.57. The molecule has 9 heteroatoms. The normalized spacial score (nSPS) is 15.4. The van der Waals surface area contributed by atoms with Gasteiger partial charge in [0.2, 0.25) is 0 Å². The van der Waals surface area contributed by atoms with Crippen molar-refractivity contribution in [1.82, 2.24) is 10.2 Å². The molecule has 0 aliphatic carbocycles. The molecule has 2 aromatic carbocycles.